The van der Waals surface area contributed by atoms with Crippen LogP contribution in [-0.2, 0) is 0 Å². The number of ketones is 1. The van der Waals surface area contributed by atoms with E-state index >= 15 is 0 Å². The highest BCUT2D eigenvalue weighted by Gasteiger charge is 2.22. The Hall–Kier alpha value is -3.59. The molecule has 0 spiro atoms. The molecule has 0 aliphatic heterocycles. The van der Waals surface area contributed by atoms with Crippen molar-refractivity contribution in [3.8, 4) is 22.8 Å². The normalized spacial score (nSPS) is 11.5. The number of rotatable bonds is 7. The number of anilines is 1. The Morgan fingerprint density at radius 1 is 1.20 bits per heavy atom. The van der Waals surface area contributed by atoms with Crippen LogP contribution in [0.3, 0.4) is 0 Å². The van der Waals surface area contributed by atoms with Gasteiger partial charge in [0.2, 0.25) is 5.89 Å². The molecule has 0 aliphatic carbocycles. The largest absolute Gasteiger partial charge is 0.443 e. The summed E-state index contributed by atoms with van der Waals surface area (Å²) in [5.41, 5.74) is 9.71. The van der Waals surface area contributed by atoms with E-state index < -0.39 is 0 Å². The highest BCUT2D eigenvalue weighted by atomic mass is 16.3. The van der Waals surface area contributed by atoms with Crippen molar-refractivity contribution < 1.29 is 9.21 Å². The van der Waals surface area contributed by atoms with E-state index in [4.69, 9.17) is 10.2 Å². The summed E-state index contributed by atoms with van der Waals surface area (Å²) in [5, 5.41) is 0. The SMILES string of the molecule is Cc1cnc2ccc(-c3nc(C(=O)CCCN(C)C)c(N)nc3-c3ncco3)cn12. The molecule has 30 heavy (non-hydrogen) atoms. The lowest BCUT2D eigenvalue weighted by atomic mass is 10.1. The van der Waals surface area contributed by atoms with Gasteiger partial charge in [-0.25, -0.2) is 19.9 Å². The van der Waals surface area contributed by atoms with Crippen molar-refractivity contribution in [3.63, 3.8) is 0 Å². The predicted molar refractivity (Wildman–Crippen MR) is 113 cm³/mol. The van der Waals surface area contributed by atoms with Crippen molar-refractivity contribution in [1.29, 1.82) is 0 Å². The van der Waals surface area contributed by atoms with E-state index in [0.29, 0.717) is 30.1 Å². The van der Waals surface area contributed by atoms with Crippen LogP contribution in [0, 0.1) is 6.92 Å². The van der Waals surface area contributed by atoms with Gasteiger partial charge in [0.1, 0.15) is 23.3 Å². The third-order valence-corrected chi connectivity index (χ3v) is 4.80. The van der Waals surface area contributed by atoms with Gasteiger partial charge in [0.05, 0.1) is 6.20 Å². The molecule has 0 atom stereocenters. The summed E-state index contributed by atoms with van der Waals surface area (Å²) in [5.74, 6) is 0.224. The van der Waals surface area contributed by atoms with Crippen LogP contribution in [0.15, 0.2) is 41.4 Å². The molecule has 0 saturated heterocycles. The molecular weight excluding hydrogens is 382 g/mol. The summed E-state index contributed by atoms with van der Waals surface area (Å²) in [7, 11) is 3.94. The second-order valence-electron chi connectivity index (χ2n) is 7.37. The summed E-state index contributed by atoms with van der Waals surface area (Å²) < 4.78 is 7.40. The molecule has 0 amide bonds. The number of carbonyl (C=O) groups excluding carboxylic acids is 1. The molecule has 0 radical (unpaired) electrons. The van der Waals surface area contributed by atoms with Gasteiger partial charge in [0.15, 0.2) is 17.3 Å². The smallest absolute Gasteiger partial charge is 0.247 e. The number of nitrogens with zero attached hydrogens (tertiary/aromatic N) is 6. The van der Waals surface area contributed by atoms with Crippen LogP contribution < -0.4 is 5.73 Å². The summed E-state index contributed by atoms with van der Waals surface area (Å²) in [6.45, 7) is 2.77. The van der Waals surface area contributed by atoms with Crippen LogP contribution in [0.25, 0.3) is 28.5 Å². The predicted octanol–water partition coefficient (Wildman–Crippen LogP) is 2.86. The van der Waals surface area contributed by atoms with Gasteiger partial charge in [-0.15, -0.1) is 0 Å². The second-order valence-corrected chi connectivity index (χ2v) is 7.37. The quantitative estimate of drug-likeness (QED) is 0.467. The number of pyridine rings is 1. The van der Waals surface area contributed by atoms with Crippen LogP contribution in [0.2, 0.25) is 0 Å². The van der Waals surface area contributed by atoms with Gasteiger partial charge in [-0.05, 0) is 46.1 Å². The van der Waals surface area contributed by atoms with Crippen molar-refractivity contribution in [2.45, 2.75) is 19.8 Å². The molecule has 0 unspecified atom stereocenters. The molecule has 0 aliphatic rings. The maximum atomic E-state index is 12.8. The number of hydrogen-bond acceptors (Lipinski definition) is 8. The molecule has 0 saturated carbocycles. The van der Waals surface area contributed by atoms with E-state index in [9.17, 15) is 4.79 Å². The highest BCUT2D eigenvalue weighted by molar-refractivity contribution is 5.99. The summed E-state index contributed by atoms with van der Waals surface area (Å²) in [4.78, 5) is 32.5. The van der Waals surface area contributed by atoms with Crippen molar-refractivity contribution in [3.05, 3.63) is 48.4 Å². The average molecular weight is 405 g/mol. The molecular formula is C21H23N7O2. The van der Waals surface area contributed by atoms with E-state index in [1.165, 1.54) is 12.5 Å². The topological polar surface area (TPSA) is 115 Å². The molecule has 0 bridgehead atoms. The Labute approximate surface area is 173 Å². The van der Waals surface area contributed by atoms with Crippen molar-refractivity contribution in [2.75, 3.05) is 26.4 Å². The Morgan fingerprint density at radius 2 is 2.03 bits per heavy atom. The van der Waals surface area contributed by atoms with Gasteiger partial charge in [0, 0.05) is 30.1 Å². The Kier molecular flexibility index (Phi) is 5.28. The van der Waals surface area contributed by atoms with E-state index in [1.54, 1.807) is 6.20 Å². The van der Waals surface area contributed by atoms with Crippen molar-refractivity contribution >= 4 is 17.2 Å². The minimum absolute atomic E-state index is 0.0710. The van der Waals surface area contributed by atoms with Crippen LogP contribution in [-0.4, -0.2) is 55.7 Å². The monoisotopic (exact) mass is 405 g/mol. The lowest BCUT2D eigenvalue weighted by Gasteiger charge is -2.12. The van der Waals surface area contributed by atoms with Crippen LogP contribution in [0.5, 0.6) is 0 Å². The molecule has 9 nitrogen and oxygen atoms in total. The fourth-order valence-corrected chi connectivity index (χ4v) is 3.26. The Morgan fingerprint density at radius 3 is 2.77 bits per heavy atom. The third-order valence-electron chi connectivity index (χ3n) is 4.80. The van der Waals surface area contributed by atoms with Gasteiger partial charge in [-0.2, -0.15) is 0 Å². The number of fused-ring (bicyclic) bond motifs is 1. The number of nitrogen functional groups attached to an aromatic ring is 1. The molecule has 4 aromatic heterocycles. The molecule has 154 valence electrons. The standard InChI is InChI=1S/C21H23N7O2/c1-13-11-24-16-7-6-14(12-28(13)16)17-19(21-23-8-10-30-21)26-20(22)18(25-17)15(29)5-4-9-27(2)3/h6-8,10-12H,4-5,9H2,1-3H3,(H2,22,26). The van der Waals surface area contributed by atoms with E-state index in [2.05, 4.69) is 19.9 Å². The Balaban J connectivity index is 1.81. The molecule has 4 heterocycles. The van der Waals surface area contributed by atoms with E-state index in [-0.39, 0.29) is 17.3 Å². The molecule has 0 aromatic carbocycles. The summed E-state index contributed by atoms with van der Waals surface area (Å²) >= 11 is 0. The number of hydrogen-bond donors (Lipinski definition) is 1. The zero-order valence-corrected chi connectivity index (χ0v) is 17.2. The minimum atomic E-state index is -0.137. The van der Waals surface area contributed by atoms with E-state index in [0.717, 1.165) is 23.4 Å². The number of carbonyl (C=O) groups is 1. The van der Waals surface area contributed by atoms with Crippen LogP contribution >= 0.6 is 0 Å². The fraction of sp³-hybridized carbons (Fsp3) is 0.286. The van der Waals surface area contributed by atoms with Gasteiger partial charge in [-0.1, -0.05) is 0 Å². The van der Waals surface area contributed by atoms with Crippen molar-refractivity contribution in [1.82, 2.24) is 29.2 Å². The number of nitrogens with two attached hydrogens (primary N) is 1. The number of aryl methyl sites for hydroxylation is 1. The molecule has 4 rings (SSSR count). The first-order valence-electron chi connectivity index (χ1n) is 9.63. The second kappa shape index (κ2) is 8.03. The zero-order chi connectivity index (χ0) is 21.3. The summed E-state index contributed by atoms with van der Waals surface area (Å²) in [6.07, 6.45) is 7.74. The molecule has 2 N–H and O–H groups in total. The van der Waals surface area contributed by atoms with Crippen LogP contribution in [0.1, 0.15) is 29.0 Å². The van der Waals surface area contributed by atoms with Crippen LogP contribution in [0.4, 0.5) is 5.82 Å². The number of imidazole rings is 1. The van der Waals surface area contributed by atoms with Gasteiger partial charge < -0.3 is 19.5 Å². The maximum Gasteiger partial charge on any atom is 0.247 e. The first kappa shape index (κ1) is 19.7. The molecule has 9 heteroatoms. The van der Waals surface area contributed by atoms with Gasteiger partial charge in [-0.3, -0.25) is 4.79 Å². The van der Waals surface area contributed by atoms with Gasteiger partial charge >= 0.3 is 0 Å². The Bertz CT molecular complexity index is 1200. The first-order valence-corrected chi connectivity index (χ1v) is 9.63. The number of Topliss-reactive ketones (excluding diaryl/α,β-unsaturated/α-hetero) is 1. The highest BCUT2D eigenvalue weighted by Crippen LogP contribution is 2.30. The number of aromatic nitrogens is 5. The first-order chi connectivity index (χ1) is 14.4. The minimum Gasteiger partial charge on any atom is -0.443 e. The number of oxazole rings is 1. The molecule has 4 aromatic rings. The average Bonchev–Trinajstić information content (AvgIpc) is 3.37. The fourth-order valence-electron chi connectivity index (χ4n) is 3.26. The zero-order valence-electron chi connectivity index (χ0n) is 17.2. The lowest BCUT2D eigenvalue weighted by Crippen LogP contribution is -2.16. The van der Waals surface area contributed by atoms with Gasteiger partial charge in [0.25, 0.3) is 0 Å². The maximum absolute atomic E-state index is 12.8. The van der Waals surface area contributed by atoms with E-state index in [1.807, 2.05) is 48.6 Å². The van der Waals surface area contributed by atoms with Crippen molar-refractivity contribution in [2.24, 2.45) is 0 Å². The molecule has 0 fully saturated rings. The third kappa shape index (κ3) is 3.79. The lowest BCUT2D eigenvalue weighted by molar-refractivity contribution is 0.0973. The summed E-state index contributed by atoms with van der Waals surface area (Å²) in [6, 6.07) is 3.77.